The molecule has 0 unspecified atom stereocenters. The van der Waals surface area contributed by atoms with Crippen LogP contribution in [0.25, 0.3) is 0 Å². The van der Waals surface area contributed by atoms with Crippen molar-refractivity contribution in [2.75, 3.05) is 19.6 Å². The van der Waals surface area contributed by atoms with Crippen molar-refractivity contribution in [1.29, 1.82) is 0 Å². The molecule has 0 aliphatic carbocycles. The van der Waals surface area contributed by atoms with Crippen LogP contribution in [0.1, 0.15) is 26.3 Å². The average molecular weight is 319 g/mol. The molecule has 1 aromatic rings. The van der Waals surface area contributed by atoms with Crippen LogP contribution in [-0.4, -0.2) is 32.4 Å². The van der Waals surface area contributed by atoms with Gasteiger partial charge in [0.2, 0.25) is 10.0 Å². The van der Waals surface area contributed by atoms with E-state index in [1.807, 2.05) is 20.8 Å². The van der Waals surface area contributed by atoms with Crippen LogP contribution in [0.4, 0.5) is 0 Å². The maximum Gasteiger partial charge on any atom is 0.243 e. The first kappa shape index (κ1) is 17.4. The summed E-state index contributed by atoms with van der Waals surface area (Å²) in [7, 11) is -3.55. The van der Waals surface area contributed by atoms with Crippen molar-refractivity contribution in [2.45, 2.75) is 32.6 Å². The molecule has 0 saturated carbocycles. The number of aryl methyl sites for hydroxylation is 1. The lowest BCUT2D eigenvalue weighted by Gasteiger charge is -2.30. The Bertz CT molecular complexity index is 571. The van der Waals surface area contributed by atoms with E-state index >= 15 is 0 Å². The second-order valence-corrected chi connectivity index (χ2v) is 8.05. The number of hydrogen-bond acceptors (Lipinski definition) is 3. The second kappa shape index (κ2) is 6.43. The summed E-state index contributed by atoms with van der Waals surface area (Å²) in [6.45, 7) is 8.71. The van der Waals surface area contributed by atoms with Gasteiger partial charge < -0.3 is 5.73 Å². The smallest absolute Gasteiger partial charge is 0.243 e. The summed E-state index contributed by atoms with van der Waals surface area (Å²) in [5.41, 5.74) is 6.13. The van der Waals surface area contributed by atoms with Crippen LogP contribution in [0.15, 0.2) is 23.1 Å². The number of halogens is 1. The molecule has 0 atom stereocenters. The number of nitrogens with two attached hydrogens (primary N) is 1. The molecule has 6 heteroatoms. The Morgan fingerprint density at radius 2 is 1.95 bits per heavy atom. The average Bonchev–Trinajstić information content (AvgIpc) is 2.38. The van der Waals surface area contributed by atoms with E-state index in [0.29, 0.717) is 30.2 Å². The number of benzene rings is 1. The zero-order valence-corrected chi connectivity index (χ0v) is 14.1. The second-order valence-electron chi connectivity index (χ2n) is 5.71. The summed E-state index contributed by atoms with van der Waals surface area (Å²) >= 11 is 5.93. The summed E-state index contributed by atoms with van der Waals surface area (Å²) < 4.78 is 27.0. The summed E-state index contributed by atoms with van der Waals surface area (Å²) in [5.74, 6) is 0. The normalized spacial score (nSPS) is 12.9. The molecule has 4 nitrogen and oxygen atoms in total. The van der Waals surface area contributed by atoms with E-state index in [9.17, 15) is 8.42 Å². The van der Waals surface area contributed by atoms with Gasteiger partial charge in [0, 0.05) is 18.1 Å². The quantitative estimate of drug-likeness (QED) is 0.877. The molecule has 0 heterocycles. The number of rotatable bonds is 6. The van der Waals surface area contributed by atoms with Gasteiger partial charge >= 0.3 is 0 Å². The molecule has 0 bridgehead atoms. The lowest BCUT2D eigenvalue weighted by Crippen LogP contribution is -2.42. The zero-order chi connectivity index (χ0) is 15.6. The fourth-order valence-electron chi connectivity index (χ4n) is 1.90. The first-order valence-electron chi connectivity index (χ1n) is 6.60. The van der Waals surface area contributed by atoms with E-state index in [0.717, 1.165) is 0 Å². The van der Waals surface area contributed by atoms with Crippen molar-refractivity contribution in [3.05, 3.63) is 28.8 Å². The van der Waals surface area contributed by atoms with E-state index in [1.54, 1.807) is 19.1 Å². The van der Waals surface area contributed by atoms with Crippen LogP contribution in [0.3, 0.4) is 0 Å². The molecule has 0 aliphatic rings. The first-order chi connectivity index (χ1) is 9.14. The molecule has 0 radical (unpaired) electrons. The van der Waals surface area contributed by atoms with Gasteiger partial charge in [0.25, 0.3) is 0 Å². The van der Waals surface area contributed by atoms with Crippen molar-refractivity contribution < 1.29 is 8.42 Å². The van der Waals surface area contributed by atoms with Crippen LogP contribution in [-0.2, 0) is 10.0 Å². The van der Waals surface area contributed by atoms with Crippen LogP contribution in [0.2, 0.25) is 5.02 Å². The highest BCUT2D eigenvalue weighted by Gasteiger charge is 2.30. The molecule has 20 heavy (non-hydrogen) atoms. The molecule has 2 N–H and O–H groups in total. The summed E-state index contributed by atoms with van der Waals surface area (Å²) in [6, 6.07) is 4.91. The molecular weight excluding hydrogens is 296 g/mol. The predicted octanol–water partition coefficient (Wildman–Crippen LogP) is 2.64. The van der Waals surface area contributed by atoms with Crippen LogP contribution in [0, 0.1) is 12.3 Å². The number of nitrogens with zero attached hydrogens (tertiary/aromatic N) is 1. The molecule has 1 aromatic carbocycles. The van der Waals surface area contributed by atoms with Gasteiger partial charge in [-0.3, -0.25) is 0 Å². The Hall–Kier alpha value is -0.620. The molecular formula is C14H23ClN2O2S. The third-order valence-corrected chi connectivity index (χ3v) is 5.58. The van der Waals surface area contributed by atoms with Crippen LogP contribution >= 0.6 is 11.6 Å². The van der Waals surface area contributed by atoms with Crippen molar-refractivity contribution in [2.24, 2.45) is 11.1 Å². The van der Waals surface area contributed by atoms with Gasteiger partial charge in [-0.1, -0.05) is 38.4 Å². The fraction of sp³-hybridized carbons (Fsp3) is 0.571. The Labute approximate surface area is 127 Å². The highest BCUT2D eigenvalue weighted by Crippen LogP contribution is 2.26. The maximum absolute atomic E-state index is 12.8. The van der Waals surface area contributed by atoms with Crippen LogP contribution < -0.4 is 5.73 Å². The lowest BCUT2D eigenvalue weighted by atomic mass is 9.94. The van der Waals surface area contributed by atoms with Crippen LogP contribution in [0.5, 0.6) is 0 Å². The minimum atomic E-state index is -3.55. The minimum absolute atomic E-state index is 0.264. The Balaban J connectivity index is 3.22. The standard InChI is InChI=1S/C14H23ClN2O2S/c1-5-17(10-14(3,4)9-16)20(18,19)13-8-12(15)7-6-11(13)2/h6-8H,5,9-10,16H2,1-4H3. The SMILES string of the molecule is CCN(CC(C)(C)CN)S(=O)(=O)c1cc(Cl)ccc1C. The van der Waals surface area contributed by atoms with E-state index in [2.05, 4.69) is 0 Å². The van der Waals surface area contributed by atoms with E-state index < -0.39 is 10.0 Å². The molecule has 0 amide bonds. The van der Waals surface area contributed by atoms with Crippen molar-refractivity contribution >= 4 is 21.6 Å². The van der Waals surface area contributed by atoms with Gasteiger partial charge in [-0.25, -0.2) is 8.42 Å². The van der Waals surface area contributed by atoms with Gasteiger partial charge in [0.1, 0.15) is 0 Å². The third kappa shape index (κ3) is 3.95. The van der Waals surface area contributed by atoms with Crippen molar-refractivity contribution in [3.8, 4) is 0 Å². The largest absolute Gasteiger partial charge is 0.330 e. The van der Waals surface area contributed by atoms with Crippen molar-refractivity contribution in [1.82, 2.24) is 4.31 Å². The molecule has 0 aliphatic heterocycles. The molecule has 0 fully saturated rings. The van der Waals surface area contributed by atoms with Gasteiger partial charge in [0.05, 0.1) is 4.90 Å². The first-order valence-corrected chi connectivity index (χ1v) is 8.42. The highest BCUT2D eigenvalue weighted by molar-refractivity contribution is 7.89. The van der Waals surface area contributed by atoms with Gasteiger partial charge in [0.15, 0.2) is 0 Å². The third-order valence-electron chi connectivity index (χ3n) is 3.28. The molecule has 0 aromatic heterocycles. The van der Waals surface area contributed by atoms with E-state index in [1.165, 1.54) is 10.4 Å². The van der Waals surface area contributed by atoms with Gasteiger partial charge in [-0.05, 0) is 36.6 Å². The lowest BCUT2D eigenvalue weighted by molar-refractivity contribution is 0.273. The van der Waals surface area contributed by atoms with E-state index in [-0.39, 0.29) is 10.3 Å². The molecule has 0 spiro atoms. The van der Waals surface area contributed by atoms with E-state index in [4.69, 9.17) is 17.3 Å². The summed E-state index contributed by atoms with van der Waals surface area (Å²) in [5, 5.41) is 0.420. The van der Waals surface area contributed by atoms with Gasteiger partial charge in [-0.15, -0.1) is 0 Å². The molecule has 0 saturated heterocycles. The molecule has 114 valence electrons. The highest BCUT2D eigenvalue weighted by atomic mass is 35.5. The van der Waals surface area contributed by atoms with Crippen molar-refractivity contribution in [3.63, 3.8) is 0 Å². The number of sulfonamides is 1. The molecule has 1 rings (SSSR count). The predicted molar refractivity (Wildman–Crippen MR) is 83.5 cm³/mol. The fourth-order valence-corrected chi connectivity index (χ4v) is 4.02. The summed E-state index contributed by atoms with van der Waals surface area (Å²) in [6.07, 6.45) is 0. The maximum atomic E-state index is 12.8. The minimum Gasteiger partial charge on any atom is -0.330 e. The Morgan fingerprint density at radius 3 is 2.45 bits per heavy atom. The number of hydrogen-bond donors (Lipinski definition) is 1. The summed E-state index contributed by atoms with van der Waals surface area (Å²) in [4.78, 5) is 0.264. The zero-order valence-electron chi connectivity index (χ0n) is 12.5. The Morgan fingerprint density at radius 1 is 1.35 bits per heavy atom. The topological polar surface area (TPSA) is 63.4 Å². The Kier molecular flexibility index (Phi) is 5.61. The monoisotopic (exact) mass is 318 g/mol. The van der Waals surface area contributed by atoms with Gasteiger partial charge in [-0.2, -0.15) is 4.31 Å².